The summed E-state index contributed by atoms with van der Waals surface area (Å²) in [4.78, 5) is 61.8. The average Bonchev–Trinajstić information content (AvgIpc) is 4.07. The molecule has 12 nitrogen and oxygen atoms in total. The Kier molecular flexibility index (Phi) is 11.9. The van der Waals surface area contributed by atoms with Crippen LogP contribution in [-0.2, 0) is 14.3 Å². The quantitative estimate of drug-likeness (QED) is 0.112. The molecule has 0 radical (unpaired) electrons. The predicted molar refractivity (Wildman–Crippen MR) is 216 cm³/mol. The molecular formula is C44H52N8O4. The summed E-state index contributed by atoms with van der Waals surface area (Å²) < 4.78 is 4.95. The van der Waals surface area contributed by atoms with Gasteiger partial charge in [-0.3, -0.25) is 14.5 Å². The molecule has 0 unspecified atom stereocenters. The number of likely N-dealkylation sites (N-methyl/N-ethyl adjacent to an activating group) is 1. The number of hydrogen-bond donors (Lipinski definition) is 3. The summed E-state index contributed by atoms with van der Waals surface area (Å²) in [6.07, 6.45) is 6.57. The normalized spacial score (nSPS) is 17.9. The summed E-state index contributed by atoms with van der Waals surface area (Å²) in [5.74, 6) is 1.54. The summed E-state index contributed by atoms with van der Waals surface area (Å²) in [6, 6.07) is 25.6. The van der Waals surface area contributed by atoms with E-state index < -0.39 is 12.1 Å². The lowest BCUT2D eigenvalue weighted by Crippen LogP contribution is -2.46. The minimum Gasteiger partial charge on any atom is -0.450 e. The Morgan fingerprint density at radius 3 is 1.70 bits per heavy atom. The second-order valence-electron chi connectivity index (χ2n) is 14.5. The smallest absolute Gasteiger partial charge is 0.407 e. The van der Waals surface area contributed by atoms with E-state index in [1.807, 2.05) is 35.5 Å². The van der Waals surface area contributed by atoms with Crippen LogP contribution < -0.4 is 5.32 Å². The number of carbonyl (C=O) groups excluding carboxylic acids is 3. The van der Waals surface area contributed by atoms with Gasteiger partial charge in [0.2, 0.25) is 11.8 Å². The molecule has 292 valence electrons. The van der Waals surface area contributed by atoms with Crippen LogP contribution in [0.4, 0.5) is 4.79 Å². The summed E-state index contributed by atoms with van der Waals surface area (Å²) in [7, 11) is 0. The van der Waals surface area contributed by atoms with E-state index in [1.54, 1.807) is 18.7 Å². The van der Waals surface area contributed by atoms with Crippen LogP contribution in [0.5, 0.6) is 0 Å². The lowest BCUT2D eigenvalue weighted by atomic mass is 10.0. The second kappa shape index (κ2) is 17.4. The van der Waals surface area contributed by atoms with Crippen molar-refractivity contribution in [1.82, 2.24) is 40.0 Å². The Morgan fingerprint density at radius 2 is 1.21 bits per heavy atom. The standard InChI is InChI=1S/C44H52N8O4/c1-5-50(6-2)39(34-13-9-8-10-14-34)43(54)52-26-12-16-38(52)41-46-28-36(49-41)33-23-19-31(20-24-33)30-17-21-32(22-18-30)35-27-45-40(48-35)37-15-11-25-51(37)42(53)29(4)47-44(55)56-7-3/h8-10,13-14,17-24,27-29,37-39H,5-7,11-12,15-16,25-26H2,1-4H3,(H,45,48)(H,46,49)(H,47,55)/t29-,37-,38-,39+/m0/s1. The van der Waals surface area contributed by atoms with E-state index in [2.05, 4.69) is 99.7 Å². The number of alkyl carbamates (subject to hydrolysis) is 1. The van der Waals surface area contributed by atoms with Gasteiger partial charge in [-0.05, 0) is 80.4 Å². The number of amides is 3. The molecular weight excluding hydrogens is 705 g/mol. The zero-order chi connectivity index (χ0) is 39.2. The van der Waals surface area contributed by atoms with Crippen molar-refractivity contribution in [3.05, 3.63) is 108 Å². The number of rotatable bonds is 13. The minimum atomic E-state index is -0.695. The lowest BCUT2D eigenvalue weighted by molar-refractivity contribution is -0.138. The van der Waals surface area contributed by atoms with E-state index in [0.717, 1.165) is 96.2 Å². The summed E-state index contributed by atoms with van der Waals surface area (Å²) in [5.41, 5.74) is 7.02. The zero-order valence-corrected chi connectivity index (χ0v) is 32.7. The molecule has 5 aromatic rings. The molecule has 2 aromatic heterocycles. The monoisotopic (exact) mass is 756 g/mol. The molecule has 0 aliphatic carbocycles. The molecule has 4 atom stereocenters. The molecule has 4 heterocycles. The molecule has 0 bridgehead atoms. The number of H-pyrrole nitrogens is 2. The van der Waals surface area contributed by atoms with Crippen LogP contribution in [0.2, 0.25) is 0 Å². The fraction of sp³-hybridized carbons (Fsp3) is 0.386. The first-order chi connectivity index (χ1) is 27.3. The van der Waals surface area contributed by atoms with Crippen molar-refractivity contribution in [3.8, 4) is 33.6 Å². The van der Waals surface area contributed by atoms with Gasteiger partial charge in [-0.2, -0.15) is 0 Å². The lowest BCUT2D eigenvalue weighted by Gasteiger charge is -2.34. The van der Waals surface area contributed by atoms with Crippen molar-refractivity contribution in [1.29, 1.82) is 0 Å². The first-order valence-corrected chi connectivity index (χ1v) is 19.9. The van der Waals surface area contributed by atoms with Gasteiger partial charge in [-0.25, -0.2) is 14.8 Å². The van der Waals surface area contributed by atoms with Crippen LogP contribution >= 0.6 is 0 Å². The van der Waals surface area contributed by atoms with E-state index in [9.17, 15) is 14.4 Å². The minimum absolute atomic E-state index is 0.0924. The van der Waals surface area contributed by atoms with Gasteiger partial charge in [0.05, 0.1) is 42.5 Å². The SMILES string of the molecule is CCOC(=O)N[C@@H](C)C(=O)N1CCC[C@H]1c1ncc(-c2ccc(-c3ccc(-c4cnc([C@@H]5CCCN5C(=O)[C@@H](c5ccccc5)N(CC)CC)[nH]4)cc3)cc2)[nH]1. The van der Waals surface area contributed by atoms with Gasteiger partial charge in [0.25, 0.3) is 0 Å². The highest BCUT2D eigenvalue weighted by atomic mass is 16.5. The number of ether oxygens (including phenoxy) is 1. The Balaban J connectivity index is 1.00. The van der Waals surface area contributed by atoms with Crippen LogP contribution in [0.3, 0.4) is 0 Å². The number of aromatic nitrogens is 4. The first kappa shape index (κ1) is 38.5. The molecule has 12 heteroatoms. The summed E-state index contributed by atoms with van der Waals surface area (Å²) in [6.45, 7) is 10.8. The number of imidazole rings is 2. The van der Waals surface area contributed by atoms with Gasteiger partial charge in [-0.15, -0.1) is 0 Å². The largest absolute Gasteiger partial charge is 0.450 e. The maximum Gasteiger partial charge on any atom is 0.407 e. The number of aromatic amines is 2. The number of nitrogens with one attached hydrogen (secondary N) is 3. The van der Waals surface area contributed by atoms with Gasteiger partial charge in [0.1, 0.15) is 23.7 Å². The van der Waals surface area contributed by atoms with Crippen LogP contribution in [0, 0.1) is 0 Å². The van der Waals surface area contributed by atoms with Crippen molar-refractivity contribution in [2.45, 2.75) is 77.5 Å². The van der Waals surface area contributed by atoms with Crippen LogP contribution in [0.1, 0.15) is 88.7 Å². The molecule has 0 saturated carbocycles. The number of hydrogen-bond acceptors (Lipinski definition) is 7. The third kappa shape index (κ3) is 8.11. The molecule has 0 spiro atoms. The van der Waals surface area contributed by atoms with Crippen LogP contribution in [-0.4, -0.2) is 91.4 Å². The molecule has 56 heavy (non-hydrogen) atoms. The molecule has 2 saturated heterocycles. The van der Waals surface area contributed by atoms with E-state index in [0.29, 0.717) is 6.54 Å². The molecule has 7 rings (SSSR count). The number of carbonyl (C=O) groups is 3. The van der Waals surface area contributed by atoms with Crippen molar-refractivity contribution in [2.24, 2.45) is 0 Å². The summed E-state index contributed by atoms with van der Waals surface area (Å²) in [5, 5.41) is 2.62. The summed E-state index contributed by atoms with van der Waals surface area (Å²) >= 11 is 0. The van der Waals surface area contributed by atoms with Gasteiger partial charge in [0, 0.05) is 13.1 Å². The topological polar surface area (TPSA) is 140 Å². The van der Waals surface area contributed by atoms with Crippen molar-refractivity contribution < 1.29 is 19.1 Å². The fourth-order valence-electron chi connectivity index (χ4n) is 8.17. The van der Waals surface area contributed by atoms with Gasteiger partial charge in [-0.1, -0.05) is 92.7 Å². The number of benzene rings is 3. The first-order valence-electron chi connectivity index (χ1n) is 19.9. The Hall–Kier alpha value is -5.75. The van der Waals surface area contributed by atoms with Gasteiger partial charge in [0.15, 0.2) is 0 Å². The van der Waals surface area contributed by atoms with Gasteiger partial charge >= 0.3 is 6.09 Å². The molecule has 3 amide bonds. The van der Waals surface area contributed by atoms with E-state index in [-0.39, 0.29) is 36.5 Å². The van der Waals surface area contributed by atoms with Gasteiger partial charge < -0.3 is 29.8 Å². The maximum atomic E-state index is 14.2. The van der Waals surface area contributed by atoms with Crippen LogP contribution in [0.25, 0.3) is 33.6 Å². The Morgan fingerprint density at radius 1 is 0.732 bits per heavy atom. The molecule has 2 aliphatic heterocycles. The van der Waals surface area contributed by atoms with Crippen molar-refractivity contribution in [2.75, 3.05) is 32.8 Å². The van der Waals surface area contributed by atoms with E-state index in [1.165, 1.54) is 0 Å². The zero-order valence-electron chi connectivity index (χ0n) is 32.7. The second-order valence-corrected chi connectivity index (χ2v) is 14.5. The van der Waals surface area contributed by atoms with Crippen molar-refractivity contribution >= 4 is 17.9 Å². The fourth-order valence-corrected chi connectivity index (χ4v) is 8.17. The Labute approximate surface area is 328 Å². The highest BCUT2D eigenvalue weighted by molar-refractivity contribution is 5.86. The highest BCUT2D eigenvalue weighted by Crippen LogP contribution is 2.36. The number of nitrogens with zero attached hydrogens (tertiary/aromatic N) is 5. The predicted octanol–water partition coefficient (Wildman–Crippen LogP) is 7.68. The van der Waals surface area contributed by atoms with E-state index >= 15 is 0 Å². The maximum absolute atomic E-state index is 14.2. The average molecular weight is 757 g/mol. The molecule has 3 aromatic carbocycles. The molecule has 2 fully saturated rings. The number of likely N-dealkylation sites (tertiary alicyclic amines) is 2. The highest BCUT2D eigenvalue weighted by Gasteiger charge is 2.38. The third-order valence-corrected chi connectivity index (χ3v) is 11.1. The third-order valence-electron chi connectivity index (χ3n) is 11.1. The molecule has 3 N–H and O–H groups in total. The van der Waals surface area contributed by atoms with Crippen molar-refractivity contribution in [3.63, 3.8) is 0 Å². The molecule has 2 aliphatic rings. The van der Waals surface area contributed by atoms with E-state index in [4.69, 9.17) is 9.72 Å². The Bertz CT molecular complexity index is 2090. The van der Waals surface area contributed by atoms with Crippen LogP contribution in [0.15, 0.2) is 91.3 Å².